The van der Waals surface area contributed by atoms with E-state index in [-0.39, 0.29) is 0 Å². The van der Waals surface area contributed by atoms with Crippen LogP contribution < -0.4 is 5.73 Å². The zero-order valence-corrected chi connectivity index (χ0v) is 17.6. The molecule has 3 N–H and O–H groups in total. The van der Waals surface area contributed by atoms with Crippen LogP contribution in [-0.2, 0) is 5.54 Å². The first-order chi connectivity index (χ1) is 15.4. The Balaban J connectivity index is 1.51. The Morgan fingerprint density at radius 3 is 2.31 bits per heavy atom. The van der Waals surface area contributed by atoms with Crippen molar-refractivity contribution in [3.63, 3.8) is 0 Å². The molecule has 0 atom stereocenters. The topological polar surface area (TPSA) is 102 Å². The summed E-state index contributed by atoms with van der Waals surface area (Å²) < 4.78 is 1.71. The van der Waals surface area contributed by atoms with Gasteiger partial charge >= 0.3 is 0 Å². The molecule has 5 aromatic rings. The van der Waals surface area contributed by atoms with Crippen molar-refractivity contribution in [2.24, 2.45) is 5.73 Å². The highest BCUT2D eigenvalue weighted by Crippen LogP contribution is 2.46. The third-order valence-electron chi connectivity index (χ3n) is 6.22. The number of nitrogens with zero attached hydrogens (tertiary/aromatic N) is 5. The third kappa shape index (κ3) is 2.97. The first kappa shape index (κ1) is 19.0. The van der Waals surface area contributed by atoms with Gasteiger partial charge in [0.2, 0.25) is 0 Å². The molecule has 0 aliphatic heterocycles. The maximum atomic E-state index is 10.2. The fourth-order valence-electron chi connectivity index (χ4n) is 4.84. The Hall–Kier alpha value is -3.68. The van der Waals surface area contributed by atoms with Gasteiger partial charge in [-0.25, -0.2) is 15.0 Å². The van der Waals surface area contributed by atoms with Gasteiger partial charge < -0.3 is 10.8 Å². The standard InChI is InChI=1S/C25H22N6O/c1-24(32)14-25(26,15-24)18-9-7-17(8-10-18)21-22(16-5-3-2-4-6-16)30-23-19(29-21)13-27-20-11-12-28-31(20)23/h2-13,32H,14-15,26H2,1H3/t24-,25-. The van der Waals surface area contributed by atoms with Crippen molar-refractivity contribution in [1.82, 2.24) is 24.6 Å². The number of hydrogen-bond donors (Lipinski definition) is 2. The Bertz CT molecular complexity index is 1450. The van der Waals surface area contributed by atoms with E-state index >= 15 is 0 Å². The molecule has 0 bridgehead atoms. The van der Waals surface area contributed by atoms with Crippen LogP contribution in [0.2, 0.25) is 0 Å². The second-order valence-electron chi connectivity index (χ2n) is 8.94. The third-order valence-corrected chi connectivity index (χ3v) is 6.22. The molecular formula is C25H22N6O. The molecule has 0 amide bonds. The van der Waals surface area contributed by atoms with Crippen molar-refractivity contribution in [2.45, 2.75) is 30.9 Å². The minimum atomic E-state index is -0.692. The van der Waals surface area contributed by atoms with Crippen LogP contribution in [-0.4, -0.2) is 35.3 Å². The molecule has 7 heteroatoms. The zero-order chi connectivity index (χ0) is 21.9. The Labute approximate surface area is 184 Å². The van der Waals surface area contributed by atoms with Crippen molar-refractivity contribution in [2.75, 3.05) is 0 Å². The molecule has 0 radical (unpaired) electrons. The number of benzene rings is 2. The van der Waals surface area contributed by atoms with Crippen LogP contribution >= 0.6 is 0 Å². The second kappa shape index (κ2) is 6.66. The lowest BCUT2D eigenvalue weighted by Crippen LogP contribution is -2.58. The number of hydrogen-bond acceptors (Lipinski definition) is 6. The van der Waals surface area contributed by atoms with E-state index in [1.807, 2.05) is 67.6 Å². The fraction of sp³-hybridized carbons (Fsp3) is 0.200. The number of aliphatic hydroxyl groups is 1. The molecule has 32 heavy (non-hydrogen) atoms. The van der Waals surface area contributed by atoms with E-state index in [9.17, 15) is 5.11 Å². The van der Waals surface area contributed by atoms with Crippen LogP contribution in [0.25, 0.3) is 39.3 Å². The van der Waals surface area contributed by atoms with Crippen molar-refractivity contribution in [3.05, 3.63) is 78.6 Å². The van der Waals surface area contributed by atoms with Gasteiger partial charge in [0.25, 0.3) is 0 Å². The predicted molar refractivity (Wildman–Crippen MR) is 123 cm³/mol. The van der Waals surface area contributed by atoms with E-state index in [0.717, 1.165) is 33.7 Å². The van der Waals surface area contributed by atoms with Gasteiger partial charge in [0.15, 0.2) is 11.3 Å². The maximum Gasteiger partial charge on any atom is 0.184 e. The molecule has 3 aromatic heterocycles. The van der Waals surface area contributed by atoms with E-state index in [0.29, 0.717) is 24.0 Å². The lowest BCUT2D eigenvalue weighted by atomic mass is 9.63. The number of rotatable bonds is 3. The Morgan fingerprint density at radius 2 is 1.59 bits per heavy atom. The normalized spacial score (nSPS) is 22.8. The largest absolute Gasteiger partial charge is 0.390 e. The molecule has 1 saturated carbocycles. The van der Waals surface area contributed by atoms with Crippen LogP contribution in [0.3, 0.4) is 0 Å². The van der Waals surface area contributed by atoms with Gasteiger partial charge in [0, 0.05) is 22.7 Å². The summed E-state index contributed by atoms with van der Waals surface area (Å²) in [4.78, 5) is 14.4. The lowest BCUT2D eigenvalue weighted by Gasteiger charge is -2.49. The van der Waals surface area contributed by atoms with E-state index in [2.05, 4.69) is 10.1 Å². The minimum absolute atomic E-state index is 0.491. The van der Waals surface area contributed by atoms with Crippen LogP contribution in [0.4, 0.5) is 0 Å². The molecule has 1 fully saturated rings. The van der Waals surface area contributed by atoms with Crippen molar-refractivity contribution < 1.29 is 5.11 Å². The average Bonchev–Trinajstić information content (AvgIpc) is 3.27. The second-order valence-corrected chi connectivity index (χ2v) is 8.94. The molecule has 0 saturated heterocycles. The first-order valence-electron chi connectivity index (χ1n) is 10.6. The van der Waals surface area contributed by atoms with E-state index in [4.69, 9.17) is 15.7 Å². The van der Waals surface area contributed by atoms with Crippen LogP contribution in [0.1, 0.15) is 25.3 Å². The highest BCUT2D eigenvalue weighted by atomic mass is 16.3. The molecular weight excluding hydrogens is 400 g/mol. The fourth-order valence-corrected chi connectivity index (χ4v) is 4.84. The summed E-state index contributed by atoms with van der Waals surface area (Å²) in [5.74, 6) is 0. The summed E-state index contributed by atoms with van der Waals surface area (Å²) in [6.07, 6.45) is 4.54. The molecule has 0 unspecified atom stereocenters. The quantitative estimate of drug-likeness (QED) is 0.460. The Morgan fingerprint density at radius 1 is 0.906 bits per heavy atom. The molecule has 7 nitrogen and oxygen atoms in total. The summed E-state index contributed by atoms with van der Waals surface area (Å²) in [6.45, 7) is 1.83. The zero-order valence-electron chi connectivity index (χ0n) is 17.6. The van der Waals surface area contributed by atoms with Crippen molar-refractivity contribution in [1.29, 1.82) is 0 Å². The molecule has 2 aromatic carbocycles. The van der Waals surface area contributed by atoms with Gasteiger partial charge in [-0.2, -0.15) is 9.61 Å². The molecule has 158 valence electrons. The molecule has 1 aliphatic rings. The first-order valence-corrected chi connectivity index (χ1v) is 10.6. The molecule has 3 heterocycles. The molecule has 6 rings (SSSR count). The monoisotopic (exact) mass is 422 g/mol. The average molecular weight is 422 g/mol. The number of fused-ring (bicyclic) bond motifs is 3. The van der Waals surface area contributed by atoms with Gasteiger partial charge in [-0.1, -0.05) is 54.6 Å². The Kier molecular flexibility index (Phi) is 3.96. The van der Waals surface area contributed by atoms with E-state index in [1.165, 1.54) is 0 Å². The molecule has 1 aliphatic carbocycles. The molecule has 0 spiro atoms. The van der Waals surface area contributed by atoms with Crippen LogP contribution in [0.15, 0.2) is 73.1 Å². The smallest absolute Gasteiger partial charge is 0.184 e. The minimum Gasteiger partial charge on any atom is -0.390 e. The number of nitrogens with two attached hydrogens (primary N) is 1. The van der Waals surface area contributed by atoms with Crippen LogP contribution in [0, 0.1) is 0 Å². The van der Waals surface area contributed by atoms with E-state index < -0.39 is 11.1 Å². The van der Waals surface area contributed by atoms with E-state index in [1.54, 1.807) is 16.9 Å². The highest BCUT2D eigenvalue weighted by molar-refractivity contribution is 5.85. The highest BCUT2D eigenvalue weighted by Gasteiger charge is 2.49. The summed E-state index contributed by atoms with van der Waals surface area (Å²) in [5.41, 5.74) is 11.9. The van der Waals surface area contributed by atoms with Gasteiger partial charge in [0.05, 0.1) is 29.4 Å². The number of aromatic nitrogens is 5. The summed E-state index contributed by atoms with van der Waals surface area (Å²) in [5, 5.41) is 14.5. The predicted octanol–water partition coefficient (Wildman–Crippen LogP) is 3.71. The summed E-state index contributed by atoms with van der Waals surface area (Å²) in [6, 6.07) is 20.0. The maximum absolute atomic E-state index is 10.2. The summed E-state index contributed by atoms with van der Waals surface area (Å²) in [7, 11) is 0. The van der Waals surface area contributed by atoms with Crippen molar-refractivity contribution >= 4 is 16.8 Å². The van der Waals surface area contributed by atoms with Crippen LogP contribution in [0.5, 0.6) is 0 Å². The van der Waals surface area contributed by atoms with Gasteiger partial charge in [-0.15, -0.1) is 0 Å². The summed E-state index contributed by atoms with van der Waals surface area (Å²) >= 11 is 0. The van der Waals surface area contributed by atoms with Crippen molar-refractivity contribution in [3.8, 4) is 22.5 Å². The lowest BCUT2D eigenvalue weighted by molar-refractivity contribution is -0.0738. The van der Waals surface area contributed by atoms with Gasteiger partial charge in [0.1, 0.15) is 5.52 Å². The van der Waals surface area contributed by atoms with Gasteiger partial charge in [-0.3, -0.25) is 0 Å². The van der Waals surface area contributed by atoms with Gasteiger partial charge in [-0.05, 0) is 25.3 Å². The SMILES string of the molecule is C[C@]1(O)C[C@@](N)(c2ccc(-c3nc4cnc5ccnn5c4nc3-c3ccccc3)cc2)C1.